The minimum atomic E-state index is -0.132. The van der Waals surface area contributed by atoms with Gasteiger partial charge >= 0.3 is 0 Å². The number of rotatable bonds is 5. The molecule has 0 bridgehead atoms. The van der Waals surface area contributed by atoms with Crippen molar-refractivity contribution in [3.63, 3.8) is 0 Å². The number of carbonyl (C=O) groups is 1. The molecular formula is C16H22Cl2N2O. The first kappa shape index (κ1) is 16.6. The quantitative estimate of drug-likeness (QED) is 0.829. The second-order valence-corrected chi connectivity index (χ2v) is 6.33. The van der Waals surface area contributed by atoms with E-state index in [0.29, 0.717) is 22.2 Å². The van der Waals surface area contributed by atoms with Crippen molar-refractivity contribution in [1.29, 1.82) is 0 Å². The maximum absolute atomic E-state index is 12.0. The molecule has 0 unspecified atom stereocenters. The maximum Gasteiger partial charge on any atom is 0.252 e. The SMILES string of the molecule is O=C(NCCCN1CCCCCC1)c1ccc(Cl)cc1Cl. The monoisotopic (exact) mass is 328 g/mol. The maximum atomic E-state index is 12.0. The molecule has 0 aliphatic carbocycles. The van der Waals surface area contributed by atoms with Gasteiger partial charge < -0.3 is 10.2 Å². The number of amides is 1. The first-order valence-electron chi connectivity index (χ1n) is 7.62. The Morgan fingerprint density at radius 1 is 1.14 bits per heavy atom. The fourth-order valence-corrected chi connectivity index (χ4v) is 3.13. The van der Waals surface area contributed by atoms with Gasteiger partial charge in [-0.2, -0.15) is 0 Å². The van der Waals surface area contributed by atoms with Gasteiger partial charge in [-0.25, -0.2) is 0 Å². The molecule has 0 spiro atoms. The number of hydrogen-bond donors (Lipinski definition) is 1. The lowest BCUT2D eigenvalue weighted by Gasteiger charge is -2.19. The Balaban J connectivity index is 1.71. The summed E-state index contributed by atoms with van der Waals surface area (Å²) in [4.78, 5) is 14.5. The summed E-state index contributed by atoms with van der Waals surface area (Å²) in [7, 11) is 0. The van der Waals surface area contributed by atoms with E-state index >= 15 is 0 Å². The van der Waals surface area contributed by atoms with Gasteiger partial charge in [0.2, 0.25) is 0 Å². The molecule has 5 heteroatoms. The highest BCUT2D eigenvalue weighted by Gasteiger charge is 2.11. The zero-order valence-electron chi connectivity index (χ0n) is 12.2. The van der Waals surface area contributed by atoms with Gasteiger partial charge in [0.1, 0.15) is 0 Å². The van der Waals surface area contributed by atoms with Crippen LogP contribution in [0, 0.1) is 0 Å². The summed E-state index contributed by atoms with van der Waals surface area (Å²) in [5.41, 5.74) is 0.482. The molecule has 1 heterocycles. The van der Waals surface area contributed by atoms with Gasteiger partial charge in [-0.05, 0) is 57.1 Å². The Bertz CT molecular complexity index is 471. The van der Waals surface area contributed by atoms with E-state index in [-0.39, 0.29) is 5.91 Å². The highest BCUT2D eigenvalue weighted by atomic mass is 35.5. The summed E-state index contributed by atoms with van der Waals surface area (Å²) in [5, 5.41) is 3.86. The molecule has 1 N–H and O–H groups in total. The molecule has 1 aliphatic heterocycles. The van der Waals surface area contributed by atoms with E-state index < -0.39 is 0 Å². The number of benzene rings is 1. The summed E-state index contributed by atoms with van der Waals surface area (Å²) in [6.45, 7) is 4.11. The van der Waals surface area contributed by atoms with Crippen LogP contribution in [0.1, 0.15) is 42.5 Å². The summed E-state index contributed by atoms with van der Waals surface area (Å²) in [5.74, 6) is -0.132. The number of carbonyl (C=O) groups excluding carboxylic acids is 1. The summed E-state index contributed by atoms with van der Waals surface area (Å²) < 4.78 is 0. The molecule has 0 atom stereocenters. The number of nitrogens with zero attached hydrogens (tertiary/aromatic N) is 1. The normalized spacial score (nSPS) is 16.5. The predicted molar refractivity (Wildman–Crippen MR) is 88.3 cm³/mol. The van der Waals surface area contributed by atoms with Crippen LogP contribution in [0.2, 0.25) is 10.0 Å². The molecule has 21 heavy (non-hydrogen) atoms. The minimum absolute atomic E-state index is 0.132. The van der Waals surface area contributed by atoms with Crippen molar-refractivity contribution in [2.45, 2.75) is 32.1 Å². The fourth-order valence-electron chi connectivity index (χ4n) is 2.63. The molecule has 116 valence electrons. The van der Waals surface area contributed by atoms with E-state index in [2.05, 4.69) is 10.2 Å². The highest BCUT2D eigenvalue weighted by molar-refractivity contribution is 6.36. The third kappa shape index (κ3) is 5.50. The van der Waals surface area contributed by atoms with Gasteiger partial charge in [-0.1, -0.05) is 36.0 Å². The van der Waals surface area contributed by atoms with Crippen LogP contribution in [0.3, 0.4) is 0 Å². The number of halogens is 2. The molecule has 3 nitrogen and oxygen atoms in total. The van der Waals surface area contributed by atoms with Crippen LogP contribution in [-0.4, -0.2) is 37.0 Å². The first-order chi connectivity index (χ1) is 10.2. The summed E-state index contributed by atoms with van der Waals surface area (Å²) >= 11 is 11.8. The third-order valence-electron chi connectivity index (χ3n) is 3.81. The molecule has 1 amide bonds. The Hall–Kier alpha value is -0.770. The van der Waals surface area contributed by atoms with Crippen LogP contribution in [0.5, 0.6) is 0 Å². The van der Waals surface area contributed by atoms with Crippen LogP contribution in [0.4, 0.5) is 0 Å². The van der Waals surface area contributed by atoms with Crippen molar-refractivity contribution < 1.29 is 4.79 Å². The van der Waals surface area contributed by atoms with Crippen LogP contribution >= 0.6 is 23.2 Å². The Labute approximate surface area is 136 Å². The van der Waals surface area contributed by atoms with Crippen LogP contribution in [0.15, 0.2) is 18.2 Å². The lowest BCUT2D eigenvalue weighted by atomic mass is 10.2. The van der Waals surface area contributed by atoms with Crippen molar-refractivity contribution >= 4 is 29.1 Å². The topological polar surface area (TPSA) is 32.3 Å². The molecule has 1 aromatic carbocycles. The first-order valence-corrected chi connectivity index (χ1v) is 8.38. The lowest BCUT2D eigenvalue weighted by molar-refractivity contribution is 0.0952. The van der Waals surface area contributed by atoms with Gasteiger partial charge in [-0.3, -0.25) is 4.79 Å². The van der Waals surface area contributed by atoms with E-state index in [1.54, 1.807) is 18.2 Å². The predicted octanol–water partition coefficient (Wildman–Crippen LogP) is 3.99. The van der Waals surface area contributed by atoms with E-state index in [0.717, 1.165) is 13.0 Å². The number of nitrogens with one attached hydrogen (secondary N) is 1. The molecule has 0 aromatic heterocycles. The molecular weight excluding hydrogens is 307 g/mol. The second-order valence-electron chi connectivity index (χ2n) is 5.49. The smallest absolute Gasteiger partial charge is 0.252 e. The van der Waals surface area contributed by atoms with Crippen LogP contribution in [0.25, 0.3) is 0 Å². The van der Waals surface area contributed by atoms with Crippen molar-refractivity contribution in [3.05, 3.63) is 33.8 Å². The second kappa shape index (κ2) is 8.62. The van der Waals surface area contributed by atoms with E-state index in [9.17, 15) is 4.79 Å². The number of hydrogen-bond acceptors (Lipinski definition) is 2. The molecule has 1 fully saturated rings. The van der Waals surface area contributed by atoms with Crippen molar-refractivity contribution in [3.8, 4) is 0 Å². The number of likely N-dealkylation sites (tertiary alicyclic amines) is 1. The Morgan fingerprint density at radius 3 is 2.52 bits per heavy atom. The highest BCUT2D eigenvalue weighted by Crippen LogP contribution is 2.20. The average Bonchev–Trinajstić information content (AvgIpc) is 2.72. The summed E-state index contributed by atoms with van der Waals surface area (Å²) in [6, 6.07) is 4.93. The van der Waals surface area contributed by atoms with Gasteiger partial charge in [0, 0.05) is 11.6 Å². The van der Waals surface area contributed by atoms with Gasteiger partial charge in [0.25, 0.3) is 5.91 Å². The van der Waals surface area contributed by atoms with Crippen molar-refractivity contribution in [1.82, 2.24) is 10.2 Å². The molecule has 1 aromatic rings. The Kier molecular flexibility index (Phi) is 6.81. The zero-order valence-corrected chi connectivity index (χ0v) is 13.7. The zero-order chi connectivity index (χ0) is 15.1. The minimum Gasteiger partial charge on any atom is -0.352 e. The van der Waals surface area contributed by atoms with Crippen LogP contribution in [-0.2, 0) is 0 Å². The van der Waals surface area contributed by atoms with Crippen molar-refractivity contribution in [2.24, 2.45) is 0 Å². The van der Waals surface area contributed by atoms with Crippen molar-refractivity contribution in [2.75, 3.05) is 26.2 Å². The standard InChI is InChI=1S/C16H22Cl2N2O/c17-13-6-7-14(15(18)12-13)16(21)19-8-5-11-20-9-3-1-2-4-10-20/h6-7,12H,1-5,8-11H2,(H,19,21). The molecule has 0 saturated carbocycles. The van der Waals surface area contributed by atoms with E-state index in [1.807, 2.05) is 0 Å². The Morgan fingerprint density at radius 2 is 1.86 bits per heavy atom. The molecule has 1 saturated heterocycles. The third-order valence-corrected chi connectivity index (χ3v) is 4.36. The van der Waals surface area contributed by atoms with Gasteiger partial charge in [0.15, 0.2) is 0 Å². The molecule has 1 aliphatic rings. The van der Waals surface area contributed by atoms with E-state index in [4.69, 9.17) is 23.2 Å². The van der Waals surface area contributed by atoms with Gasteiger partial charge in [0.05, 0.1) is 10.6 Å². The van der Waals surface area contributed by atoms with E-state index in [1.165, 1.54) is 38.8 Å². The summed E-state index contributed by atoms with van der Waals surface area (Å²) in [6.07, 6.45) is 6.26. The largest absolute Gasteiger partial charge is 0.352 e. The molecule has 2 rings (SSSR count). The fraction of sp³-hybridized carbons (Fsp3) is 0.562. The molecule has 0 radical (unpaired) electrons. The van der Waals surface area contributed by atoms with Gasteiger partial charge in [-0.15, -0.1) is 0 Å². The van der Waals surface area contributed by atoms with Crippen LogP contribution < -0.4 is 5.32 Å². The lowest BCUT2D eigenvalue weighted by Crippen LogP contribution is -2.30. The average molecular weight is 329 g/mol.